The summed E-state index contributed by atoms with van der Waals surface area (Å²) in [4.78, 5) is 5.82. The van der Waals surface area contributed by atoms with Gasteiger partial charge in [0, 0.05) is 10.8 Å². The Morgan fingerprint density at radius 2 is 1.93 bits per heavy atom. The maximum atomic E-state index is 4.48. The molecule has 0 saturated carbocycles. The van der Waals surface area contributed by atoms with Gasteiger partial charge in [-0.25, -0.2) is 4.98 Å². The monoisotopic (exact) mass is 209 g/mol. The molecular formula is C10H15N3S. The molecule has 0 N–H and O–H groups in total. The van der Waals surface area contributed by atoms with E-state index in [1.807, 2.05) is 3.90 Å². The molecular weight excluding hydrogens is 194 g/mol. The van der Waals surface area contributed by atoms with Crippen molar-refractivity contribution in [1.29, 1.82) is 0 Å². The quantitative estimate of drug-likeness (QED) is 0.761. The highest BCUT2D eigenvalue weighted by atomic mass is 32.1. The molecule has 4 heteroatoms. The highest BCUT2D eigenvalue weighted by Gasteiger charge is 2.11. The first-order valence-corrected chi connectivity index (χ1v) is 5.72. The van der Waals surface area contributed by atoms with E-state index in [2.05, 4.69) is 43.8 Å². The van der Waals surface area contributed by atoms with Crippen molar-refractivity contribution in [2.45, 2.75) is 39.5 Å². The standard InChI is InChI=1S/C10H15N3S/c1-6(2)8-5-9-11-10(7(3)4)12-13(9)14-8/h5-7H,1-4H3. The van der Waals surface area contributed by atoms with E-state index in [4.69, 9.17) is 0 Å². The third kappa shape index (κ3) is 1.54. The maximum Gasteiger partial charge on any atom is 0.168 e. The van der Waals surface area contributed by atoms with Gasteiger partial charge in [-0.2, -0.15) is 3.90 Å². The summed E-state index contributed by atoms with van der Waals surface area (Å²) in [7, 11) is 0. The average Bonchev–Trinajstić information content (AvgIpc) is 2.57. The van der Waals surface area contributed by atoms with Crippen LogP contribution in [-0.2, 0) is 0 Å². The summed E-state index contributed by atoms with van der Waals surface area (Å²) in [6.45, 7) is 8.61. The van der Waals surface area contributed by atoms with Crippen molar-refractivity contribution in [3.05, 3.63) is 16.8 Å². The predicted octanol–water partition coefficient (Wildman–Crippen LogP) is 3.04. The summed E-state index contributed by atoms with van der Waals surface area (Å²) in [5.74, 6) is 1.90. The molecule has 0 spiro atoms. The summed E-state index contributed by atoms with van der Waals surface area (Å²) in [6, 6.07) is 2.13. The van der Waals surface area contributed by atoms with Crippen LogP contribution in [0.3, 0.4) is 0 Å². The van der Waals surface area contributed by atoms with Gasteiger partial charge in [0.2, 0.25) is 0 Å². The number of aromatic nitrogens is 3. The number of rotatable bonds is 2. The van der Waals surface area contributed by atoms with Gasteiger partial charge < -0.3 is 0 Å². The Labute approximate surface area is 87.9 Å². The zero-order valence-electron chi connectivity index (χ0n) is 8.98. The van der Waals surface area contributed by atoms with Crippen molar-refractivity contribution in [1.82, 2.24) is 14.0 Å². The van der Waals surface area contributed by atoms with Gasteiger partial charge >= 0.3 is 0 Å². The molecule has 0 bridgehead atoms. The lowest BCUT2D eigenvalue weighted by molar-refractivity contribution is 0.776. The van der Waals surface area contributed by atoms with Crippen LogP contribution < -0.4 is 0 Å². The van der Waals surface area contributed by atoms with Crippen LogP contribution in [0.25, 0.3) is 5.65 Å². The van der Waals surface area contributed by atoms with Gasteiger partial charge in [0.05, 0.1) is 0 Å². The fraction of sp³-hybridized carbons (Fsp3) is 0.600. The van der Waals surface area contributed by atoms with E-state index in [1.54, 1.807) is 11.5 Å². The number of hydrogen-bond acceptors (Lipinski definition) is 3. The smallest absolute Gasteiger partial charge is 0.168 e. The van der Waals surface area contributed by atoms with Crippen molar-refractivity contribution in [3.63, 3.8) is 0 Å². The van der Waals surface area contributed by atoms with Crippen LogP contribution in [-0.4, -0.2) is 14.0 Å². The van der Waals surface area contributed by atoms with Crippen LogP contribution in [0.1, 0.15) is 50.2 Å². The lowest BCUT2D eigenvalue weighted by Crippen LogP contribution is -1.90. The van der Waals surface area contributed by atoms with Crippen LogP contribution >= 0.6 is 11.5 Å². The largest absolute Gasteiger partial charge is 0.211 e. The Morgan fingerprint density at radius 3 is 2.43 bits per heavy atom. The van der Waals surface area contributed by atoms with Gasteiger partial charge in [0.25, 0.3) is 0 Å². The van der Waals surface area contributed by atoms with Crippen molar-refractivity contribution < 1.29 is 0 Å². The molecule has 0 fully saturated rings. The highest BCUT2D eigenvalue weighted by molar-refractivity contribution is 7.06. The van der Waals surface area contributed by atoms with Crippen LogP contribution in [0, 0.1) is 0 Å². The second kappa shape index (κ2) is 3.35. The Kier molecular flexibility index (Phi) is 2.31. The highest BCUT2D eigenvalue weighted by Crippen LogP contribution is 2.23. The number of fused-ring (bicyclic) bond motifs is 1. The molecule has 0 aromatic carbocycles. The van der Waals surface area contributed by atoms with Gasteiger partial charge in [-0.1, -0.05) is 27.7 Å². The molecule has 2 aromatic heterocycles. The van der Waals surface area contributed by atoms with Crippen LogP contribution in [0.2, 0.25) is 0 Å². The first-order valence-electron chi connectivity index (χ1n) is 4.95. The minimum absolute atomic E-state index is 0.407. The molecule has 2 aromatic rings. The van der Waals surface area contributed by atoms with Gasteiger partial charge in [0.15, 0.2) is 11.5 Å². The molecule has 0 atom stereocenters. The minimum Gasteiger partial charge on any atom is -0.211 e. The van der Waals surface area contributed by atoms with E-state index in [9.17, 15) is 0 Å². The fourth-order valence-electron chi connectivity index (χ4n) is 1.25. The van der Waals surface area contributed by atoms with Crippen LogP contribution in [0.5, 0.6) is 0 Å². The van der Waals surface area contributed by atoms with Crippen LogP contribution in [0.4, 0.5) is 0 Å². The molecule has 2 heterocycles. The lowest BCUT2D eigenvalue weighted by Gasteiger charge is -1.97. The van der Waals surface area contributed by atoms with Gasteiger partial charge in [-0.15, -0.1) is 5.10 Å². The summed E-state index contributed by atoms with van der Waals surface area (Å²) in [6.07, 6.45) is 0. The van der Waals surface area contributed by atoms with E-state index < -0.39 is 0 Å². The summed E-state index contributed by atoms with van der Waals surface area (Å²) in [5.41, 5.74) is 0.988. The van der Waals surface area contributed by atoms with Crippen LogP contribution in [0.15, 0.2) is 6.07 Å². The van der Waals surface area contributed by atoms with E-state index in [0.717, 1.165) is 11.5 Å². The van der Waals surface area contributed by atoms with E-state index >= 15 is 0 Å². The Hall–Kier alpha value is -0.900. The van der Waals surface area contributed by atoms with E-state index in [1.165, 1.54) is 4.88 Å². The zero-order chi connectivity index (χ0) is 10.3. The molecule has 3 nitrogen and oxygen atoms in total. The van der Waals surface area contributed by atoms with Gasteiger partial charge in [-0.3, -0.25) is 0 Å². The second-order valence-corrected chi connectivity index (χ2v) is 5.15. The molecule has 0 amide bonds. The van der Waals surface area contributed by atoms with E-state index in [0.29, 0.717) is 11.8 Å². The molecule has 0 radical (unpaired) electrons. The first kappa shape index (κ1) is 9.65. The molecule has 14 heavy (non-hydrogen) atoms. The molecule has 0 aliphatic carbocycles. The zero-order valence-corrected chi connectivity index (χ0v) is 9.80. The minimum atomic E-state index is 0.407. The number of hydrogen-bond donors (Lipinski definition) is 0. The maximum absolute atomic E-state index is 4.48. The molecule has 0 aliphatic rings. The average molecular weight is 209 g/mol. The SMILES string of the molecule is CC(C)c1nc2cc(C(C)C)sn2n1. The van der Waals surface area contributed by atoms with Gasteiger partial charge in [0.1, 0.15) is 0 Å². The third-order valence-corrected chi connectivity index (χ3v) is 3.41. The first-order chi connectivity index (χ1) is 6.58. The molecule has 0 saturated heterocycles. The molecule has 2 rings (SSSR count). The Bertz CT molecular complexity index is 370. The Balaban J connectivity index is 2.45. The van der Waals surface area contributed by atoms with Gasteiger partial charge in [-0.05, 0) is 23.5 Å². The topological polar surface area (TPSA) is 30.2 Å². The second-order valence-electron chi connectivity index (χ2n) is 4.15. The fourth-order valence-corrected chi connectivity index (χ4v) is 2.13. The van der Waals surface area contributed by atoms with Crippen molar-refractivity contribution >= 4 is 17.2 Å². The summed E-state index contributed by atoms with van der Waals surface area (Å²) >= 11 is 1.69. The van der Waals surface area contributed by atoms with Crippen molar-refractivity contribution in [3.8, 4) is 0 Å². The lowest BCUT2D eigenvalue weighted by atomic mass is 10.2. The predicted molar refractivity (Wildman–Crippen MR) is 59.0 cm³/mol. The number of nitrogens with zero attached hydrogens (tertiary/aromatic N) is 3. The Morgan fingerprint density at radius 1 is 1.21 bits per heavy atom. The summed E-state index contributed by atoms with van der Waals surface area (Å²) in [5, 5.41) is 4.44. The van der Waals surface area contributed by atoms with Crippen molar-refractivity contribution in [2.24, 2.45) is 0 Å². The third-order valence-electron chi connectivity index (χ3n) is 2.17. The summed E-state index contributed by atoms with van der Waals surface area (Å²) < 4.78 is 1.92. The normalized spacial score (nSPS) is 12.1. The van der Waals surface area contributed by atoms with Crippen molar-refractivity contribution in [2.75, 3.05) is 0 Å². The molecule has 0 unspecified atom stereocenters. The molecule has 0 aliphatic heterocycles. The molecule has 76 valence electrons. The van der Waals surface area contributed by atoms with E-state index in [-0.39, 0.29) is 0 Å².